The molecule has 0 amide bonds. The van der Waals surface area contributed by atoms with Crippen LogP contribution in [0.25, 0.3) is 11.1 Å². The molecule has 0 N–H and O–H groups in total. The largest absolute Gasteiger partial charge is 1.00 e. The van der Waals surface area contributed by atoms with Gasteiger partial charge >= 0.3 is 0 Å². The van der Waals surface area contributed by atoms with Crippen molar-refractivity contribution in [2.45, 2.75) is 13.0 Å². The quantitative estimate of drug-likeness (QED) is 0.451. The summed E-state index contributed by atoms with van der Waals surface area (Å²) >= 11 is 0. The zero-order chi connectivity index (χ0) is 13.4. The Balaban J connectivity index is 0.00000132. The molecule has 2 nitrogen and oxygen atoms in total. The van der Waals surface area contributed by atoms with E-state index in [0.717, 1.165) is 13.0 Å². The van der Waals surface area contributed by atoms with E-state index in [0.29, 0.717) is 0 Å². The van der Waals surface area contributed by atoms with Gasteiger partial charge in [0.05, 0.1) is 6.42 Å². The monoisotopic (exact) mass is 294 g/mol. The first kappa shape index (κ1) is 13.8. The van der Waals surface area contributed by atoms with Gasteiger partial charge in [-0.1, -0.05) is 24.3 Å². The maximum Gasteiger partial charge on any atom is 0.193 e. The van der Waals surface area contributed by atoms with Gasteiger partial charge in [0, 0.05) is 29.6 Å². The summed E-state index contributed by atoms with van der Waals surface area (Å²) in [5.41, 5.74) is 6.80. The number of hydrogen-bond donors (Lipinski definition) is 0. The Morgan fingerprint density at radius 2 is 1.62 bits per heavy atom. The Morgan fingerprint density at radius 3 is 2.43 bits per heavy atom. The molecule has 0 bridgehead atoms. The van der Waals surface area contributed by atoms with Crippen LogP contribution in [0.5, 0.6) is 0 Å². The first-order chi connectivity index (χ1) is 9.92. The number of nitrogens with zero attached hydrogens (tertiary/aromatic N) is 2. The second kappa shape index (κ2) is 5.66. The van der Waals surface area contributed by atoms with E-state index in [-0.39, 0.29) is 12.4 Å². The number of fused-ring (bicyclic) bond motifs is 2. The van der Waals surface area contributed by atoms with E-state index in [1.165, 1.54) is 27.9 Å². The van der Waals surface area contributed by atoms with Gasteiger partial charge in [0.25, 0.3) is 0 Å². The molecule has 0 unspecified atom stereocenters. The molecule has 21 heavy (non-hydrogen) atoms. The lowest BCUT2D eigenvalue weighted by Crippen LogP contribution is -3.00. The Labute approximate surface area is 130 Å². The molecular formula is C18H15ClN2. The zero-order valence-corrected chi connectivity index (χ0v) is 12.3. The fourth-order valence-corrected chi connectivity index (χ4v) is 2.97. The molecular weight excluding hydrogens is 280 g/mol. The number of aromatic nitrogens is 2. The third-order valence-corrected chi connectivity index (χ3v) is 3.99. The first-order valence-electron chi connectivity index (χ1n) is 6.90. The molecule has 3 heterocycles. The Hall–Kier alpha value is -2.19. The highest BCUT2D eigenvalue weighted by molar-refractivity contribution is 5.65. The van der Waals surface area contributed by atoms with Crippen LogP contribution in [0.2, 0.25) is 0 Å². The highest BCUT2D eigenvalue weighted by atomic mass is 35.5. The molecule has 0 radical (unpaired) electrons. The molecule has 3 aromatic rings. The van der Waals surface area contributed by atoms with Crippen LogP contribution in [0.3, 0.4) is 0 Å². The normalized spacial score (nSPS) is 12.0. The molecule has 3 heteroatoms. The molecule has 0 fully saturated rings. The lowest BCUT2D eigenvalue weighted by Gasteiger charge is -2.16. The predicted octanol–water partition coefficient (Wildman–Crippen LogP) is -0.00740. The number of halogens is 1. The molecule has 0 aliphatic carbocycles. The summed E-state index contributed by atoms with van der Waals surface area (Å²) in [4.78, 5) is 4.11. The SMILES string of the molecule is [Cl-].c1ccc2c(c1)Cc1c(-c3ccncc3)ccc[n+]1C2. The molecule has 104 valence electrons. The zero-order valence-electron chi connectivity index (χ0n) is 11.5. The van der Waals surface area contributed by atoms with Crippen LogP contribution in [0.4, 0.5) is 0 Å². The molecule has 2 aromatic heterocycles. The van der Waals surface area contributed by atoms with Crippen molar-refractivity contribution in [3.8, 4) is 11.1 Å². The second-order valence-corrected chi connectivity index (χ2v) is 5.18. The van der Waals surface area contributed by atoms with Crippen LogP contribution in [0.1, 0.15) is 16.8 Å². The van der Waals surface area contributed by atoms with Crippen molar-refractivity contribution in [1.29, 1.82) is 0 Å². The summed E-state index contributed by atoms with van der Waals surface area (Å²) in [6, 6.07) is 17.2. The van der Waals surface area contributed by atoms with Gasteiger partial charge in [-0.2, -0.15) is 4.57 Å². The summed E-state index contributed by atoms with van der Waals surface area (Å²) < 4.78 is 2.36. The Bertz CT molecular complexity index is 769. The average Bonchev–Trinajstić information content (AvgIpc) is 2.53. The predicted molar refractivity (Wildman–Crippen MR) is 78.2 cm³/mol. The summed E-state index contributed by atoms with van der Waals surface area (Å²) in [7, 11) is 0. The maximum absolute atomic E-state index is 4.11. The van der Waals surface area contributed by atoms with Gasteiger partial charge in [0.2, 0.25) is 0 Å². The van der Waals surface area contributed by atoms with Crippen LogP contribution in [0.15, 0.2) is 67.1 Å². The van der Waals surface area contributed by atoms with E-state index in [9.17, 15) is 0 Å². The summed E-state index contributed by atoms with van der Waals surface area (Å²) in [5.74, 6) is 0. The van der Waals surface area contributed by atoms with Crippen molar-refractivity contribution in [3.05, 3.63) is 83.9 Å². The van der Waals surface area contributed by atoms with Gasteiger partial charge in [-0.25, -0.2) is 0 Å². The molecule has 1 aliphatic heterocycles. The molecule has 0 atom stereocenters. The van der Waals surface area contributed by atoms with Gasteiger partial charge in [0.1, 0.15) is 0 Å². The first-order valence-corrected chi connectivity index (χ1v) is 6.90. The minimum absolute atomic E-state index is 0. The third kappa shape index (κ3) is 2.43. The van der Waals surface area contributed by atoms with Crippen molar-refractivity contribution in [2.24, 2.45) is 0 Å². The Morgan fingerprint density at radius 1 is 0.857 bits per heavy atom. The second-order valence-electron chi connectivity index (χ2n) is 5.18. The number of hydrogen-bond acceptors (Lipinski definition) is 1. The van der Waals surface area contributed by atoms with E-state index in [1.54, 1.807) is 0 Å². The topological polar surface area (TPSA) is 16.8 Å². The molecule has 1 aromatic carbocycles. The highest BCUT2D eigenvalue weighted by Crippen LogP contribution is 2.26. The standard InChI is InChI=1S/C18H15N2.ClH/c1-2-5-16-13-20-11-3-6-17(14-7-9-19-10-8-14)18(20)12-15(16)4-1;/h1-11H,12-13H2;1H/q+1;/p-1. The lowest BCUT2D eigenvalue weighted by atomic mass is 9.93. The van der Waals surface area contributed by atoms with Gasteiger partial charge in [0.15, 0.2) is 18.4 Å². The van der Waals surface area contributed by atoms with Crippen molar-refractivity contribution in [1.82, 2.24) is 4.98 Å². The van der Waals surface area contributed by atoms with Crippen molar-refractivity contribution < 1.29 is 17.0 Å². The molecule has 0 saturated carbocycles. The van der Waals surface area contributed by atoms with Gasteiger partial charge < -0.3 is 12.4 Å². The fraction of sp³-hybridized carbons (Fsp3) is 0.111. The van der Waals surface area contributed by atoms with Crippen LogP contribution in [-0.2, 0) is 13.0 Å². The van der Waals surface area contributed by atoms with E-state index in [4.69, 9.17) is 0 Å². The van der Waals surface area contributed by atoms with Crippen LogP contribution < -0.4 is 17.0 Å². The Kier molecular flexibility index (Phi) is 3.72. The van der Waals surface area contributed by atoms with Crippen molar-refractivity contribution in [2.75, 3.05) is 0 Å². The van der Waals surface area contributed by atoms with Crippen molar-refractivity contribution >= 4 is 0 Å². The van der Waals surface area contributed by atoms with Crippen LogP contribution in [-0.4, -0.2) is 4.98 Å². The molecule has 0 saturated heterocycles. The van der Waals surface area contributed by atoms with E-state index in [1.807, 2.05) is 12.4 Å². The third-order valence-electron chi connectivity index (χ3n) is 3.99. The number of benzene rings is 1. The minimum Gasteiger partial charge on any atom is -1.00 e. The van der Waals surface area contributed by atoms with Crippen LogP contribution in [0, 0.1) is 0 Å². The van der Waals surface area contributed by atoms with Gasteiger partial charge in [-0.15, -0.1) is 0 Å². The molecule has 1 aliphatic rings. The minimum atomic E-state index is 0. The van der Waals surface area contributed by atoms with E-state index >= 15 is 0 Å². The van der Waals surface area contributed by atoms with E-state index < -0.39 is 0 Å². The fourth-order valence-electron chi connectivity index (χ4n) is 2.97. The summed E-state index contributed by atoms with van der Waals surface area (Å²) in [6.45, 7) is 0.963. The summed E-state index contributed by atoms with van der Waals surface area (Å²) in [6.07, 6.45) is 6.89. The van der Waals surface area contributed by atoms with Crippen molar-refractivity contribution in [3.63, 3.8) is 0 Å². The van der Waals surface area contributed by atoms with E-state index in [2.05, 4.69) is 64.3 Å². The van der Waals surface area contributed by atoms with Gasteiger partial charge in [-0.3, -0.25) is 4.98 Å². The smallest absolute Gasteiger partial charge is 0.193 e. The lowest BCUT2D eigenvalue weighted by molar-refractivity contribution is -0.697. The highest BCUT2D eigenvalue weighted by Gasteiger charge is 2.24. The molecule has 0 spiro atoms. The number of pyridine rings is 2. The van der Waals surface area contributed by atoms with Crippen LogP contribution >= 0.6 is 0 Å². The average molecular weight is 295 g/mol. The van der Waals surface area contributed by atoms with Gasteiger partial charge in [-0.05, 0) is 29.3 Å². The maximum atomic E-state index is 4.11. The number of rotatable bonds is 1. The summed E-state index contributed by atoms with van der Waals surface area (Å²) in [5, 5.41) is 0. The molecule has 4 rings (SSSR count).